The van der Waals surface area contributed by atoms with E-state index in [0.29, 0.717) is 33.5 Å². The Hall–Kier alpha value is -3.72. The van der Waals surface area contributed by atoms with Gasteiger partial charge in [-0.15, -0.1) is 0 Å². The fraction of sp³-hybridized carbons (Fsp3) is 0.150. The lowest BCUT2D eigenvalue weighted by molar-refractivity contribution is -0.127. The summed E-state index contributed by atoms with van der Waals surface area (Å²) in [4.78, 5) is 38.1. The van der Waals surface area contributed by atoms with Crippen LogP contribution in [0.3, 0.4) is 0 Å². The summed E-state index contributed by atoms with van der Waals surface area (Å²) in [6.07, 6.45) is 1.42. The molecule has 0 saturated carbocycles. The van der Waals surface area contributed by atoms with Crippen LogP contribution in [0.4, 0.5) is 10.5 Å². The van der Waals surface area contributed by atoms with Gasteiger partial charge in [0.25, 0.3) is 5.91 Å². The number of hydrogen-bond acceptors (Lipinski definition) is 6. The Morgan fingerprint density at radius 1 is 1.27 bits per heavy atom. The Bertz CT molecular complexity index is 1080. The normalized spacial score (nSPS) is 16.1. The summed E-state index contributed by atoms with van der Waals surface area (Å²) in [5.41, 5.74) is 0.885. The van der Waals surface area contributed by atoms with Gasteiger partial charge < -0.3 is 24.8 Å². The Labute approximate surface area is 176 Å². The van der Waals surface area contributed by atoms with Gasteiger partial charge in [-0.1, -0.05) is 23.7 Å². The summed E-state index contributed by atoms with van der Waals surface area (Å²) in [5, 5.41) is 5.40. The summed E-state index contributed by atoms with van der Waals surface area (Å²) < 4.78 is 15.7. The van der Waals surface area contributed by atoms with E-state index in [1.165, 1.54) is 13.2 Å². The summed E-state index contributed by atoms with van der Waals surface area (Å²) in [6.45, 7) is -0.384. The zero-order valence-corrected chi connectivity index (χ0v) is 16.5. The molecule has 0 spiro atoms. The molecule has 4 rings (SSSR count). The first-order valence-corrected chi connectivity index (χ1v) is 9.20. The van der Waals surface area contributed by atoms with Crippen LogP contribution >= 0.6 is 11.6 Å². The molecule has 2 aromatic rings. The van der Waals surface area contributed by atoms with E-state index in [-0.39, 0.29) is 12.5 Å². The van der Waals surface area contributed by atoms with Gasteiger partial charge in [-0.2, -0.15) is 0 Å². The van der Waals surface area contributed by atoms with Crippen LogP contribution in [0.25, 0.3) is 6.08 Å². The van der Waals surface area contributed by atoms with Crippen molar-refractivity contribution in [3.05, 3.63) is 52.7 Å². The number of hydrogen-bond donors (Lipinski definition) is 2. The van der Waals surface area contributed by atoms with Crippen LogP contribution in [0.15, 0.2) is 42.1 Å². The largest absolute Gasteiger partial charge is 0.495 e. The first-order chi connectivity index (χ1) is 14.5. The van der Waals surface area contributed by atoms with Gasteiger partial charge in [-0.05, 0) is 29.8 Å². The minimum atomic E-state index is -0.710. The number of nitrogens with one attached hydrogen (secondary N) is 2. The number of ether oxygens (including phenoxy) is 3. The number of para-hydroxylation sites is 2. The first kappa shape index (κ1) is 19.6. The number of imide groups is 1. The molecular weight excluding hydrogens is 414 g/mol. The predicted octanol–water partition coefficient (Wildman–Crippen LogP) is 2.61. The van der Waals surface area contributed by atoms with Gasteiger partial charge in [0.2, 0.25) is 12.7 Å². The highest BCUT2D eigenvalue weighted by Gasteiger charge is 2.35. The summed E-state index contributed by atoms with van der Waals surface area (Å²) in [6, 6.07) is 9.27. The Balaban J connectivity index is 1.49. The van der Waals surface area contributed by atoms with Gasteiger partial charge in [-0.25, -0.2) is 9.69 Å². The molecular formula is C20H16ClN3O6. The van der Waals surface area contributed by atoms with Crippen molar-refractivity contribution in [1.82, 2.24) is 10.2 Å². The maximum atomic E-state index is 12.6. The second kappa shape index (κ2) is 7.96. The monoisotopic (exact) mass is 429 g/mol. The smallest absolute Gasteiger partial charge is 0.329 e. The molecule has 1 fully saturated rings. The fourth-order valence-corrected chi connectivity index (χ4v) is 3.20. The summed E-state index contributed by atoms with van der Waals surface area (Å²) >= 11 is 6.22. The van der Waals surface area contributed by atoms with Gasteiger partial charge in [0.15, 0.2) is 11.5 Å². The number of halogens is 1. The average molecular weight is 430 g/mol. The van der Waals surface area contributed by atoms with Crippen LogP contribution in [0.5, 0.6) is 17.2 Å². The molecule has 1 saturated heterocycles. The topological polar surface area (TPSA) is 106 Å². The molecule has 0 aromatic heterocycles. The van der Waals surface area contributed by atoms with Crippen LogP contribution in [0, 0.1) is 0 Å². The van der Waals surface area contributed by atoms with Crippen molar-refractivity contribution >= 4 is 41.2 Å². The molecule has 30 heavy (non-hydrogen) atoms. The SMILES string of the molecule is COc1ccccc1NC(=O)CN1C(=O)N/C(=C/c2cc3c(cc2Cl)OCO3)C1=O. The quantitative estimate of drug-likeness (QED) is 0.559. The number of urea groups is 1. The molecule has 0 atom stereocenters. The highest BCUT2D eigenvalue weighted by Crippen LogP contribution is 2.37. The van der Waals surface area contributed by atoms with E-state index in [1.54, 1.807) is 36.4 Å². The lowest BCUT2D eigenvalue weighted by Gasteiger charge is -2.13. The molecule has 0 radical (unpaired) electrons. The highest BCUT2D eigenvalue weighted by molar-refractivity contribution is 6.32. The standard InChI is InChI=1S/C20H16ClN3O6/c1-28-15-5-3-2-4-13(15)22-18(25)9-24-19(26)14(23-20(24)27)6-11-7-16-17(8-12(11)21)30-10-29-16/h2-8H,9-10H2,1H3,(H,22,25)(H,23,27)/b14-6+. The van der Waals surface area contributed by atoms with Crippen molar-refractivity contribution in [1.29, 1.82) is 0 Å². The minimum absolute atomic E-state index is 0.00847. The van der Waals surface area contributed by atoms with Crippen LogP contribution in [0.2, 0.25) is 5.02 Å². The number of benzene rings is 2. The van der Waals surface area contributed by atoms with E-state index in [9.17, 15) is 14.4 Å². The van der Waals surface area contributed by atoms with Gasteiger partial charge in [0.1, 0.15) is 18.0 Å². The number of nitrogens with zero attached hydrogens (tertiary/aromatic N) is 1. The van der Waals surface area contributed by atoms with E-state index in [4.69, 9.17) is 25.8 Å². The summed E-state index contributed by atoms with van der Waals surface area (Å²) in [5.74, 6) is 0.241. The summed E-state index contributed by atoms with van der Waals surface area (Å²) in [7, 11) is 1.47. The van der Waals surface area contributed by atoms with E-state index >= 15 is 0 Å². The first-order valence-electron chi connectivity index (χ1n) is 8.83. The van der Waals surface area contributed by atoms with Crippen LogP contribution in [0.1, 0.15) is 5.56 Å². The third-order valence-electron chi connectivity index (χ3n) is 4.44. The van der Waals surface area contributed by atoms with E-state index in [1.807, 2.05) is 0 Å². The number of carbonyl (C=O) groups excluding carboxylic acids is 3. The van der Waals surface area contributed by atoms with Crippen LogP contribution in [-0.4, -0.2) is 43.2 Å². The number of rotatable bonds is 5. The van der Waals surface area contributed by atoms with Crippen LogP contribution < -0.4 is 24.8 Å². The lowest BCUT2D eigenvalue weighted by atomic mass is 10.1. The van der Waals surface area contributed by atoms with Crippen molar-refractivity contribution in [2.45, 2.75) is 0 Å². The molecule has 154 valence electrons. The third kappa shape index (κ3) is 3.74. The fourth-order valence-electron chi connectivity index (χ4n) is 3.00. The minimum Gasteiger partial charge on any atom is -0.495 e. The molecule has 4 amide bonds. The molecule has 2 aliphatic heterocycles. The number of carbonyl (C=O) groups is 3. The molecule has 10 heteroatoms. The predicted molar refractivity (Wildman–Crippen MR) is 107 cm³/mol. The van der Waals surface area contributed by atoms with Crippen molar-refractivity contribution in [3.8, 4) is 17.2 Å². The molecule has 0 unspecified atom stereocenters. The lowest BCUT2D eigenvalue weighted by Crippen LogP contribution is -2.38. The molecule has 0 aliphatic carbocycles. The Morgan fingerprint density at radius 3 is 2.77 bits per heavy atom. The second-order valence-corrected chi connectivity index (χ2v) is 6.76. The van der Waals surface area contributed by atoms with Crippen molar-refractivity contribution in [3.63, 3.8) is 0 Å². The van der Waals surface area contributed by atoms with E-state index in [2.05, 4.69) is 10.6 Å². The zero-order valence-electron chi connectivity index (χ0n) is 15.7. The number of fused-ring (bicyclic) bond motifs is 1. The number of amides is 4. The molecule has 2 aliphatic rings. The van der Waals surface area contributed by atoms with Crippen LogP contribution in [-0.2, 0) is 9.59 Å². The average Bonchev–Trinajstić information content (AvgIpc) is 3.28. The second-order valence-electron chi connectivity index (χ2n) is 6.35. The van der Waals surface area contributed by atoms with Gasteiger partial charge in [-0.3, -0.25) is 9.59 Å². The maximum Gasteiger partial charge on any atom is 0.329 e. The number of anilines is 1. The number of methoxy groups -OCH3 is 1. The Morgan fingerprint density at radius 2 is 2.00 bits per heavy atom. The third-order valence-corrected chi connectivity index (χ3v) is 4.76. The van der Waals surface area contributed by atoms with Crippen molar-refractivity contribution < 1.29 is 28.6 Å². The zero-order chi connectivity index (χ0) is 21.3. The van der Waals surface area contributed by atoms with Gasteiger partial charge in [0, 0.05) is 6.07 Å². The maximum absolute atomic E-state index is 12.6. The highest BCUT2D eigenvalue weighted by atomic mass is 35.5. The molecule has 9 nitrogen and oxygen atoms in total. The van der Waals surface area contributed by atoms with Crippen molar-refractivity contribution in [2.75, 3.05) is 25.8 Å². The van der Waals surface area contributed by atoms with E-state index in [0.717, 1.165) is 4.90 Å². The Kier molecular flexibility index (Phi) is 5.20. The molecule has 2 aromatic carbocycles. The van der Waals surface area contributed by atoms with E-state index < -0.39 is 24.4 Å². The van der Waals surface area contributed by atoms with Crippen molar-refractivity contribution in [2.24, 2.45) is 0 Å². The van der Waals surface area contributed by atoms with Gasteiger partial charge >= 0.3 is 6.03 Å². The molecule has 0 bridgehead atoms. The van der Waals surface area contributed by atoms with Gasteiger partial charge in [0.05, 0.1) is 17.8 Å². The molecule has 2 N–H and O–H groups in total. The molecule has 2 heterocycles.